The number of carbonyl (C=O) groups excluding carboxylic acids is 2. The second-order valence-electron chi connectivity index (χ2n) is 10.9. The Bertz CT molecular complexity index is 1100. The number of morpholine rings is 1. The van der Waals surface area contributed by atoms with Crippen molar-refractivity contribution in [2.75, 3.05) is 45.9 Å². The standard InChI is InChI=1S/C29H39N5O4/c35-26(19-33-10-9-22-3-1-2-4-24(22)18-33)17-30-28(36)27-16-25(31-20-32-27)15-21-5-7-23(8-6-21)29(37)34-11-13-38-14-12-34/h1-4,16,20-21,23,26,35H,5-15,17-19H2,(H,30,36)/t21?,23?,26-/m0/s1. The lowest BCUT2D eigenvalue weighted by atomic mass is 9.79. The number of rotatable bonds is 8. The molecular weight excluding hydrogens is 482 g/mol. The molecule has 0 spiro atoms. The molecule has 9 nitrogen and oxygen atoms in total. The topological polar surface area (TPSA) is 108 Å². The number of benzene rings is 1. The summed E-state index contributed by atoms with van der Waals surface area (Å²) in [7, 11) is 0. The van der Waals surface area contributed by atoms with Gasteiger partial charge in [0.1, 0.15) is 12.0 Å². The van der Waals surface area contributed by atoms with Crippen LogP contribution in [0.25, 0.3) is 0 Å². The van der Waals surface area contributed by atoms with Crippen molar-refractivity contribution in [1.29, 1.82) is 0 Å². The van der Waals surface area contributed by atoms with Crippen LogP contribution in [0.2, 0.25) is 0 Å². The van der Waals surface area contributed by atoms with Crippen molar-refractivity contribution in [1.82, 2.24) is 25.1 Å². The van der Waals surface area contributed by atoms with E-state index in [-0.39, 0.29) is 24.3 Å². The monoisotopic (exact) mass is 521 g/mol. The SMILES string of the molecule is O=C(NC[C@H](O)CN1CCc2ccccc2C1)c1cc(CC2CCC(C(=O)N3CCOCC3)CC2)ncn1. The van der Waals surface area contributed by atoms with Gasteiger partial charge in [0, 0.05) is 50.9 Å². The molecule has 1 aromatic heterocycles. The van der Waals surface area contributed by atoms with Crippen LogP contribution in [-0.4, -0.2) is 88.7 Å². The maximum absolute atomic E-state index is 12.8. The summed E-state index contributed by atoms with van der Waals surface area (Å²) >= 11 is 0. The van der Waals surface area contributed by atoms with Crippen LogP contribution < -0.4 is 5.32 Å². The van der Waals surface area contributed by atoms with E-state index < -0.39 is 6.10 Å². The number of aliphatic hydroxyl groups is 1. The lowest BCUT2D eigenvalue weighted by Gasteiger charge is -2.33. The van der Waals surface area contributed by atoms with E-state index in [0.29, 0.717) is 44.5 Å². The Morgan fingerprint density at radius 3 is 2.61 bits per heavy atom. The fourth-order valence-corrected chi connectivity index (χ4v) is 5.96. The van der Waals surface area contributed by atoms with Crippen molar-refractivity contribution in [3.05, 3.63) is 59.2 Å². The van der Waals surface area contributed by atoms with E-state index in [9.17, 15) is 14.7 Å². The molecule has 0 radical (unpaired) electrons. The molecule has 1 aliphatic carbocycles. The van der Waals surface area contributed by atoms with Gasteiger partial charge in [0.25, 0.3) is 5.91 Å². The summed E-state index contributed by atoms with van der Waals surface area (Å²) in [4.78, 5) is 38.3. The van der Waals surface area contributed by atoms with Gasteiger partial charge in [0.05, 0.1) is 19.3 Å². The maximum atomic E-state index is 12.8. The number of nitrogens with zero attached hydrogens (tertiary/aromatic N) is 4. The first-order valence-corrected chi connectivity index (χ1v) is 14.0. The number of ether oxygens (including phenoxy) is 1. The Hall–Kier alpha value is -2.88. The average molecular weight is 522 g/mol. The zero-order chi connectivity index (χ0) is 26.3. The average Bonchev–Trinajstić information content (AvgIpc) is 2.96. The highest BCUT2D eigenvalue weighted by Crippen LogP contribution is 2.32. The summed E-state index contributed by atoms with van der Waals surface area (Å²) in [5, 5.41) is 13.4. The minimum absolute atomic E-state index is 0.113. The summed E-state index contributed by atoms with van der Waals surface area (Å²) < 4.78 is 5.37. The van der Waals surface area contributed by atoms with Crippen molar-refractivity contribution >= 4 is 11.8 Å². The Kier molecular flexibility index (Phi) is 8.98. The van der Waals surface area contributed by atoms with Gasteiger partial charge in [0.15, 0.2) is 0 Å². The zero-order valence-corrected chi connectivity index (χ0v) is 22.1. The van der Waals surface area contributed by atoms with Crippen molar-refractivity contribution in [2.24, 2.45) is 11.8 Å². The van der Waals surface area contributed by atoms with Crippen LogP contribution in [0.1, 0.15) is 53.0 Å². The quantitative estimate of drug-likeness (QED) is 0.546. The third kappa shape index (κ3) is 6.95. The van der Waals surface area contributed by atoms with Gasteiger partial charge in [-0.1, -0.05) is 24.3 Å². The smallest absolute Gasteiger partial charge is 0.270 e. The van der Waals surface area contributed by atoms with E-state index in [4.69, 9.17) is 4.74 Å². The molecule has 38 heavy (non-hydrogen) atoms. The number of aromatic nitrogens is 2. The maximum Gasteiger partial charge on any atom is 0.270 e. The molecule has 1 atom stereocenters. The largest absolute Gasteiger partial charge is 0.390 e. The first-order valence-electron chi connectivity index (χ1n) is 14.0. The molecule has 1 saturated carbocycles. The second kappa shape index (κ2) is 12.8. The predicted octanol–water partition coefficient (Wildman–Crippen LogP) is 1.83. The number of fused-ring (bicyclic) bond motifs is 1. The van der Waals surface area contributed by atoms with E-state index in [1.807, 2.05) is 11.0 Å². The Balaban J connectivity index is 1.05. The third-order valence-electron chi connectivity index (χ3n) is 8.15. The second-order valence-corrected chi connectivity index (χ2v) is 10.9. The molecule has 2 N–H and O–H groups in total. The fourth-order valence-electron chi connectivity index (χ4n) is 5.96. The molecule has 1 saturated heterocycles. The highest BCUT2D eigenvalue weighted by molar-refractivity contribution is 5.92. The molecule has 2 aromatic rings. The highest BCUT2D eigenvalue weighted by Gasteiger charge is 2.30. The van der Waals surface area contributed by atoms with Crippen LogP contribution in [0.5, 0.6) is 0 Å². The van der Waals surface area contributed by atoms with Gasteiger partial charge in [-0.25, -0.2) is 9.97 Å². The lowest BCUT2D eigenvalue weighted by molar-refractivity contribution is -0.141. The summed E-state index contributed by atoms with van der Waals surface area (Å²) in [6.07, 6.45) is 6.32. The summed E-state index contributed by atoms with van der Waals surface area (Å²) in [6.45, 7) is 5.09. The van der Waals surface area contributed by atoms with Gasteiger partial charge in [-0.2, -0.15) is 0 Å². The molecule has 0 unspecified atom stereocenters. The van der Waals surface area contributed by atoms with Gasteiger partial charge in [-0.3, -0.25) is 14.5 Å². The van der Waals surface area contributed by atoms with Crippen LogP contribution in [0.15, 0.2) is 36.7 Å². The molecular formula is C29H39N5O4. The van der Waals surface area contributed by atoms with Gasteiger partial charge >= 0.3 is 0 Å². The van der Waals surface area contributed by atoms with E-state index in [1.54, 1.807) is 6.07 Å². The predicted molar refractivity (Wildman–Crippen MR) is 142 cm³/mol. The summed E-state index contributed by atoms with van der Waals surface area (Å²) in [5.41, 5.74) is 3.85. The number of aliphatic hydroxyl groups excluding tert-OH is 1. The van der Waals surface area contributed by atoms with E-state index >= 15 is 0 Å². The van der Waals surface area contributed by atoms with Gasteiger partial charge < -0.3 is 20.1 Å². The fraction of sp³-hybridized carbons (Fsp3) is 0.586. The van der Waals surface area contributed by atoms with Crippen molar-refractivity contribution < 1.29 is 19.4 Å². The first kappa shape index (κ1) is 26.7. The minimum Gasteiger partial charge on any atom is -0.390 e. The van der Waals surface area contributed by atoms with Crippen LogP contribution >= 0.6 is 0 Å². The molecule has 2 aliphatic heterocycles. The minimum atomic E-state index is -0.652. The number of carbonyl (C=O) groups is 2. The van der Waals surface area contributed by atoms with Gasteiger partial charge in [-0.05, 0) is 61.6 Å². The Labute approximate surface area is 224 Å². The van der Waals surface area contributed by atoms with E-state index in [1.165, 1.54) is 17.5 Å². The molecule has 9 heteroatoms. The van der Waals surface area contributed by atoms with Crippen molar-refractivity contribution in [3.63, 3.8) is 0 Å². The number of hydrogen-bond acceptors (Lipinski definition) is 7. The number of hydrogen-bond donors (Lipinski definition) is 2. The van der Waals surface area contributed by atoms with Gasteiger partial charge in [0.2, 0.25) is 5.91 Å². The molecule has 0 bridgehead atoms. The van der Waals surface area contributed by atoms with Crippen molar-refractivity contribution in [3.8, 4) is 0 Å². The summed E-state index contributed by atoms with van der Waals surface area (Å²) in [5.74, 6) is 0.546. The molecule has 2 amide bonds. The molecule has 204 valence electrons. The normalized spacial score (nSPS) is 22.9. The number of amides is 2. The van der Waals surface area contributed by atoms with Crippen LogP contribution in [0, 0.1) is 11.8 Å². The lowest BCUT2D eigenvalue weighted by Crippen LogP contribution is -2.44. The van der Waals surface area contributed by atoms with Gasteiger partial charge in [-0.15, -0.1) is 0 Å². The molecule has 3 aliphatic rings. The first-order chi connectivity index (χ1) is 18.5. The van der Waals surface area contributed by atoms with Crippen LogP contribution in [0.3, 0.4) is 0 Å². The number of nitrogens with one attached hydrogen (secondary N) is 1. The highest BCUT2D eigenvalue weighted by atomic mass is 16.5. The summed E-state index contributed by atoms with van der Waals surface area (Å²) in [6, 6.07) is 10.2. The van der Waals surface area contributed by atoms with E-state index in [0.717, 1.165) is 57.3 Å². The Morgan fingerprint density at radius 2 is 1.82 bits per heavy atom. The molecule has 3 heterocycles. The number of β-amino-alcohol motifs (C(OH)–C–C–N with tert-alkyl or cyclic N) is 1. The third-order valence-corrected chi connectivity index (χ3v) is 8.15. The Morgan fingerprint density at radius 1 is 1.05 bits per heavy atom. The van der Waals surface area contributed by atoms with Crippen LogP contribution in [-0.2, 0) is 28.9 Å². The molecule has 5 rings (SSSR count). The van der Waals surface area contributed by atoms with Crippen LogP contribution in [0.4, 0.5) is 0 Å². The molecule has 2 fully saturated rings. The zero-order valence-electron chi connectivity index (χ0n) is 22.1. The van der Waals surface area contributed by atoms with Crippen molar-refractivity contribution in [2.45, 2.75) is 51.2 Å². The molecule has 1 aromatic carbocycles. The van der Waals surface area contributed by atoms with E-state index in [2.05, 4.69) is 38.4 Å².